The Morgan fingerprint density at radius 3 is 2.44 bits per heavy atom. The van der Waals surface area contributed by atoms with Gasteiger partial charge in [-0.3, -0.25) is 4.79 Å². The van der Waals surface area contributed by atoms with Gasteiger partial charge in [-0.05, 0) is 17.5 Å². The number of phenols is 1. The molecule has 1 aromatic carbocycles. The molecule has 0 aromatic heterocycles. The van der Waals surface area contributed by atoms with Crippen LogP contribution in [-0.4, -0.2) is 16.2 Å². The quantitative estimate of drug-likeness (QED) is 0.789. The summed E-state index contributed by atoms with van der Waals surface area (Å²) >= 11 is 0. The van der Waals surface area contributed by atoms with Crippen LogP contribution in [0.15, 0.2) is 6.07 Å². The molecule has 0 heterocycles. The summed E-state index contributed by atoms with van der Waals surface area (Å²) in [7, 11) is 0. The number of halogens is 3. The molecule has 16 heavy (non-hydrogen) atoms. The van der Waals surface area contributed by atoms with Gasteiger partial charge in [0.15, 0.2) is 17.4 Å². The Morgan fingerprint density at radius 1 is 1.38 bits per heavy atom. The minimum absolute atomic E-state index is 0.362. The lowest BCUT2D eigenvalue weighted by Crippen LogP contribution is -2.06. The Bertz CT molecular complexity index is 432. The van der Waals surface area contributed by atoms with E-state index >= 15 is 0 Å². The number of carbonyl (C=O) groups is 1. The Labute approximate surface area is 89.1 Å². The molecule has 0 aliphatic rings. The van der Waals surface area contributed by atoms with Gasteiger partial charge in [-0.2, -0.15) is 4.39 Å². The minimum atomic E-state index is -1.68. The Kier molecular flexibility index (Phi) is 3.41. The third-order valence-corrected chi connectivity index (χ3v) is 2.17. The first-order valence-electron chi connectivity index (χ1n) is 4.42. The molecule has 1 atom stereocenters. The van der Waals surface area contributed by atoms with E-state index in [1.165, 1.54) is 6.92 Å². The molecule has 0 aliphatic heterocycles. The highest BCUT2D eigenvalue weighted by atomic mass is 19.2. The maximum absolute atomic E-state index is 13.3. The van der Waals surface area contributed by atoms with Gasteiger partial charge in [-0.15, -0.1) is 0 Å². The first-order chi connectivity index (χ1) is 7.34. The van der Waals surface area contributed by atoms with Crippen molar-refractivity contribution in [3.8, 4) is 5.75 Å². The summed E-state index contributed by atoms with van der Waals surface area (Å²) in [6.45, 7) is 1.34. The molecular formula is C10H9F3O3. The number of carboxylic acid groups (broad SMARTS) is 1. The van der Waals surface area contributed by atoms with E-state index in [1.54, 1.807) is 0 Å². The zero-order valence-corrected chi connectivity index (χ0v) is 8.30. The van der Waals surface area contributed by atoms with Gasteiger partial charge in [-0.1, -0.05) is 6.92 Å². The third kappa shape index (κ3) is 2.26. The molecule has 88 valence electrons. The van der Waals surface area contributed by atoms with E-state index in [-0.39, 0.29) is 5.56 Å². The van der Waals surface area contributed by atoms with Crippen molar-refractivity contribution in [2.75, 3.05) is 0 Å². The topological polar surface area (TPSA) is 57.5 Å². The molecule has 0 saturated carbocycles. The predicted molar refractivity (Wildman–Crippen MR) is 48.6 cm³/mol. The zero-order valence-electron chi connectivity index (χ0n) is 8.30. The van der Waals surface area contributed by atoms with E-state index in [1.807, 2.05) is 0 Å². The van der Waals surface area contributed by atoms with Crippen LogP contribution in [0.5, 0.6) is 5.75 Å². The van der Waals surface area contributed by atoms with Crippen molar-refractivity contribution in [3.05, 3.63) is 29.1 Å². The van der Waals surface area contributed by atoms with Crippen molar-refractivity contribution in [2.24, 2.45) is 0 Å². The maximum atomic E-state index is 13.3. The largest absolute Gasteiger partial charge is 0.503 e. The second-order valence-electron chi connectivity index (χ2n) is 3.42. The summed E-state index contributed by atoms with van der Waals surface area (Å²) in [5, 5.41) is 17.4. The Morgan fingerprint density at radius 2 is 1.94 bits per heavy atom. The lowest BCUT2D eigenvalue weighted by molar-refractivity contribution is -0.137. The van der Waals surface area contributed by atoms with Gasteiger partial charge >= 0.3 is 5.97 Å². The van der Waals surface area contributed by atoms with Crippen LogP contribution in [0, 0.1) is 17.5 Å². The molecular weight excluding hydrogens is 225 g/mol. The van der Waals surface area contributed by atoms with Gasteiger partial charge < -0.3 is 10.2 Å². The van der Waals surface area contributed by atoms with Gasteiger partial charge in [0.05, 0.1) is 6.42 Å². The van der Waals surface area contributed by atoms with Crippen molar-refractivity contribution < 1.29 is 28.2 Å². The average Bonchev–Trinajstić information content (AvgIpc) is 2.19. The van der Waals surface area contributed by atoms with Gasteiger partial charge in [0.1, 0.15) is 0 Å². The smallest absolute Gasteiger partial charge is 0.303 e. The van der Waals surface area contributed by atoms with E-state index in [4.69, 9.17) is 10.2 Å². The van der Waals surface area contributed by atoms with Crippen LogP contribution >= 0.6 is 0 Å². The van der Waals surface area contributed by atoms with Crippen molar-refractivity contribution in [1.29, 1.82) is 0 Å². The third-order valence-electron chi connectivity index (χ3n) is 2.17. The second-order valence-corrected chi connectivity index (χ2v) is 3.42. The maximum Gasteiger partial charge on any atom is 0.303 e. The fraction of sp³-hybridized carbons (Fsp3) is 0.300. The molecule has 0 spiro atoms. The number of benzene rings is 1. The van der Waals surface area contributed by atoms with E-state index in [9.17, 15) is 18.0 Å². The normalized spacial score (nSPS) is 12.5. The molecule has 6 heteroatoms. The number of aromatic hydroxyl groups is 1. The summed E-state index contributed by atoms with van der Waals surface area (Å²) in [5.74, 6) is -7.90. The van der Waals surface area contributed by atoms with E-state index in [0.29, 0.717) is 6.07 Å². The molecule has 0 amide bonds. The number of hydrogen-bond acceptors (Lipinski definition) is 2. The molecule has 2 N–H and O–H groups in total. The number of phenolic OH excluding ortho intramolecular Hbond substituents is 1. The molecule has 0 fully saturated rings. The predicted octanol–water partition coefficient (Wildman–Crippen LogP) is 2.39. The van der Waals surface area contributed by atoms with Crippen LogP contribution in [0.25, 0.3) is 0 Å². The Hall–Kier alpha value is -1.72. The van der Waals surface area contributed by atoms with Crippen molar-refractivity contribution >= 4 is 5.97 Å². The summed E-state index contributed by atoms with van der Waals surface area (Å²) in [4.78, 5) is 10.4. The van der Waals surface area contributed by atoms with Crippen LogP contribution in [0.2, 0.25) is 0 Å². The SMILES string of the molecule is C[C@@H](CC(=O)O)c1cc(F)c(F)c(O)c1F. The highest BCUT2D eigenvalue weighted by Crippen LogP contribution is 2.31. The summed E-state index contributed by atoms with van der Waals surface area (Å²) < 4.78 is 38.9. The number of rotatable bonds is 3. The monoisotopic (exact) mass is 234 g/mol. The van der Waals surface area contributed by atoms with Gasteiger partial charge in [-0.25, -0.2) is 8.78 Å². The van der Waals surface area contributed by atoms with Crippen LogP contribution < -0.4 is 0 Å². The zero-order chi connectivity index (χ0) is 12.5. The Balaban J connectivity index is 3.19. The molecule has 0 bridgehead atoms. The summed E-state index contributed by atoms with van der Waals surface area (Å²) in [5.41, 5.74) is -0.362. The van der Waals surface area contributed by atoms with Gasteiger partial charge in [0, 0.05) is 0 Å². The van der Waals surface area contributed by atoms with Crippen LogP contribution in [0.1, 0.15) is 24.8 Å². The molecule has 0 saturated heterocycles. The molecule has 0 radical (unpaired) electrons. The minimum Gasteiger partial charge on any atom is -0.503 e. The fourth-order valence-corrected chi connectivity index (χ4v) is 1.34. The van der Waals surface area contributed by atoms with E-state index in [0.717, 1.165) is 0 Å². The molecule has 1 aromatic rings. The molecule has 0 aliphatic carbocycles. The summed E-state index contributed by atoms with van der Waals surface area (Å²) in [6, 6.07) is 0.554. The van der Waals surface area contributed by atoms with Crippen molar-refractivity contribution in [2.45, 2.75) is 19.3 Å². The highest BCUT2D eigenvalue weighted by Gasteiger charge is 2.22. The fourth-order valence-electron chi connectivity index (χ4n) is 1.34. The number of carboxylic acids is 1. The highest BCUT2D eigenvalue weighted by molar-refractivity contribution is 5.68. The van der Waals surface area contributed by atoms with Crippen molar-refractivity contribution in [3.63, 3.8) is 0 Å². The van der Waals surface area contributed by atoms with Crippen LogP contribution in [0.4, 0.5) is 13.2 Å². The lowest BCUT2D eigenvalue weighted by atomic mass is 9.96. The van der Waals surface area contributed by atoms with Gasteiger partial charge in [0.25, 0.3) is 0 Å². The number of aliphatic carboxylic acids is 1. The first-order valence-corrected chi connectivity index (χ1v) is 4.42. The summed E-state index contributed by atoms with van der Waals surface area (Å²) in [6.07, 6.45) is -0.443. The van der Waals surface area contributed by atoms with E-state index < -0.39 is 41.5 Å². The number of hydrogen-bond donors (Lipinski definition) is 2. The first kappa shape index (κ1) is 12.4. The van der Waals surface area contributed by atoms with Crippen LogP contribution in [0.3, 0.4) is 0 Å². The average molecular weight is 234 g/mol. The van der Waals surface area contributed by atoms with Crippen molar-refractivity contribution in [1.82, 2.24) is 0 Å². The molecule has 0 unspecified atom stereocenters. The second kappa shape index (κ2) is 4.42. The van der Waals surface area contributed by atoms with Gasteiger partial charge in [0.2, 0.25) is 5.82 Å². The van der Waals surface area contributed by atoms with Crippen LogP contribution in [-0.2, 0) is 4.79 Å². The molecule has 3 nitrogen and oxygen atoms in total. The lowest BCUT2D eigenvalue weighted by Gasteiger charge is -2.12. The van der Waals surface area contributed by atoms with E-state index in [2.05, 4.69) is 0 Å². The standard InChI is InChI=1S/C10H9F3O3/c1-4(2-7(14)15)5-3-6(11)9(13)10(16)8(5)12/h3-4,16H,2H2,1H3,(H,14,15)/t4-/m0/s1. The molecule has 1 rings (SSSR count).